The van der Waals surface area contributed by atoms with Crippen molar-refractivity contribution in [1.29, 1.82) is 0 Å². The summed E-state index contributed by atoms with van der Waals surface area (Å²) in [4.78, 5) is 0. The molecule has 3 rings (SSSR count). The molecule has 19 heavy (non-hydrogen) atoms. The molecule has 1 aromatic rings. The molecule has 2 fully saturated rings. The third-order valence-electron chi connectivity index (χ3n) is 2.64. The normalized spacial score (nSPS) is 23.8. The molecule has 0 aromatic heterocycles. The molecule has 0 saturated carbocycles. The molecule has 2 atom stereocenters. The van der Waals surface area contributed by atoms with Crippen molar-refractivity contribution in [2.45, 2.75) is 19.1 Å². The third kappa shape index (κ3) is 6.38. The molecule has 2 heterocycles. The van der Waals surface area contributed by atoms with Gasteiger partial charge in [0.15, 0.2) is 0 Å². The molecule has 0 aliphatic carbocycles. The summed E-state index contributed by atoms with van der Waals surface area (Å²) in [5.41, 5.74) is 1.03. The maximum Gasteiger partial charge on any atom is 0.116 e. The van der Waals surface area contributed by atoms with Gasteiger partial charge in [0.05, 0.1) is 26.4 Å². The van der Waals surface area contributed by atoms with Crippen molar-refractivity contribution in [1.82, 2.24) is 0 Å². The first kappa shape index (κ1) is 14.1. The molecule has 2 aliphatic rings. The Morgan fingerprint density at radius 2 is 1.89 bits per heavy atom. The Labute approximate surface area is 113 Å². The van der Waals surface area contributed by atoms with Crippen LogP contribution in [0.5, 0.6) is 5.75 Å². The smallest absolute Gasteiger partial charge is 0.116 e. The second kappa shape index (κ2) is 7.28. The predicted molar refractivity (Wildman–Crippen MR) is 73.1 cm³/mol. The molecule has 1 aromatic carbocycles. The second-order valence-corrected chi connectivity index (χ2v) is 4.54. The van der Waals surface area contributed by atoms with Crippen LogP contribution in [0.25, 0.3) is 6.08 Å². The van der Waals surface area contributed by atoms with E-state index in [1.54, 1.807) is 12.1 Å². The quantitative estimate of drug-likeness (QED) is 0.829. The van der Waals surface area contributed by atoms with E-state index in [9.17, 15) is 0 Å². The number of epoxide rings is 2. The Balaban J connectivity index is 0.000000141. The fourth-order valence-corrected chi connectivity index (χ4v) is 1.48. The first-order chi connectivity index (χ1) is 9.28. The van der Waals surface area contributed by atoms with Gasteiger partial charge < -0.3 is 19.3 Å². The number of phenolic OH excluding ortho intramolecular Hbond substituents is 1. The Morgan fingerprint density at radius 3 is 2.37 bits per heavy atom. The van der Waals surface area contributed by atoms with Crippen LogP contribution in [0.4, 0.5) is 0 Å². The van der Waals surface area contributed by atoms with Gasteiger partial charge in [0.1, 0.15) is 18.0 Å². The fraction of sp³-hybridized carbons (Fsp3) is 0.467. The van der Waals surface area contributed by atoms with Crippen LogP contribution >= 0.6 is 0 Å². The summed E-state index contributed by atoms with van der Waals surface area (Å²) in [6.07, 6.45) is 4.67. The highest BCUT2D eigenvalue weighted by Crippen LogP contribution is 2.12. The molecule has 4 heteroatoms. The van der Waals surface area contributed by atoms with Gasteiger partial charge in [0.25, 0.3) is 0 Å². The Bertz CT molecular complexity index is 396. The lowest BCUT2D eigenvalue weighted by Gasteiger charge is -1.95. The molecule has 0 spiro atoms. The highest BCUT2D eigenvalue weighted by molar-refractivity contribution is 5.50. The molecule has 2 aliphatic heterocycles. The topological polar surface area (TPSA) is 54.5 Å². The highest BCUT2D eigenvalue weighted by atomic mass is 16.6. The summed E-state index contributed by atoms with van der Waals surface area (Å²) in [5.74, 6) is 0.315. The molecule has 104 valence electrons. The minimum absolute atomic E-state index is 0.315. The van der Waals surface area contributed by atoms with Crippen molar-refractivity contribution >= 4 is 6.08 Å². The third-order valence-corrected chi connectivity index (χ3v) is 2.64. The van der Waals surface area contributed by atoms with Crippen LogP contribution in [-0.2, 0) is 14.2 Å². The van der Waals surface area contributed by atoms with Crippen LogP contribution < -0.4 is 0 Å². The van der Waals surface area contributed by atoms with E-state index >= 15 is 0 Å². The Kier molecular flexibility index (Phi) is 5.39. The Morgan fingerprint density at radius 1 is 1.26 bits per heavy atom. The number of aromatic hydroxyl groups is 1. The van der Waals surface area contributed by atoms with Crippen molar-refractivity contribution in [3.63, 3.8) is 0 Å². The van der Waals surface area contributed by atoms with Crippen molar-refractivity contribution in [2.75, 3.05) is 26.4 Å². The predicted octanol–water partition coefficient (Wildman–Crippen LogP) is 2.23. The minimum atomic E-state index is 0.315. The zero-order chi connectivity index (χ0) is 13.5. The van der Waals surface area contributed by atoms with Gasteiger partial charge in [0.2, 0.25) is 0 Å². The van der Waals surface area contributed by atoms with E-state index in [0.29, 0.717) is 18.0 Å². The number of ether oxygens (including phenoxy) is 3. The maximum absolute atomic E-state index is 9.01. The van der Waals surface area contributed by atoms with Crippen LogP contribution in [-0.4, -0.2) is 43.7 Å². The zero-order valence-corrected chi connectivity index (χ0v) is 11.1. The van der Waals surface area contributed by atoms with Crippen LogP contribution in [0.2, 0.25) is 0 Å². The molecule has 0 radical (unpaired) electrons. The minimum Gasteiger partial charge on any atom is -0.508 e. The summed E-state index contributed by atoms with van der Waals surface area (Å²) >= 11 is 0. The molecule has 1 N–H and O–H groups in total. The van der Waals surface area contributed by atoms with Crippen molar-refractivity contribution in [3.05, 3.63) is 35.9 Å². The number of phenols is 1. The zero-order valence-electron chi connectivity index (χ0n) is 11.1. The number of hydrogen-bond donors (Lipinski definition) is 1. The van der Waals surface area contributed by atoms with Crippen LogP contribution in [0.3, 0.4) is 0 Å². The van der Waals surface area contributed by atoms with E-state index < -0.39 is 0 Å². The first-order valence-electron chi connectivity index (χ1n) is 6.50. The molecular weight excluding hydrogens is 244 g/mol. The van der Waals surface area contributed by atoms with Gasteiger partial charge in [-0.15, -0.1) is 0 Å². The average molecular weight is 264 g/mol. The summed E-state index contributed by atoms with van der Waals surface area (Å²) in [7, 11) is 0. The van der Waals surface area contributed by atoms with E-state index in [4.69, 9.17) is 19.3 Å². The van der Waals surface area contributed by atoms with Crippen LogP contribution in [0.1, 0.15) is 12.5 Å². The second-order valence-electron chi connectivity index (χ2n) is 4.54. The van der Waals surface area contributed by atoms with Gasteiger partial charge in [-0.25, -0.2) is 0 Å². The van der Waals surface area contributed by atoms with E-state index in [-0.39, 0.29) is 0 Å². The lowest BCUT2D eigenvalue weighted by molar-refractivity contribution is 0.102. The SMILES string of the molecule is C(OCC1CO1)C1CO1.CC=Cc1cccc(O)c1. The van der Waals surface area contributed by atoms with Gasteiger partial charge >= 0.3 is 0 Å². The Hall–Kier alpha value is -1.36. The van der Waals surface area contributed by atoms with Crippen molar-refractivity contribution in [3.8, 4) is 5.75 Å². The van der Waals surface area contributed by atoms with Crippen molar-refractivity contribution < 1.29 is 19.3 Å². The molecule has 0 amide bonds. The number of hydrogen-bond acceptors (Lipinski definition) is 4. The summed E-state index contributed by atoms with van der Waals surface area (Å²) in [6, 6.07) is 7.15. The monoisotopic (exact) mass is 264 g/mol. The van der Waals surface area contributed by atoms with E-state index in [1.807, 2.05) is 31.2 Å². The number of allylic oxidation sites excluding steroid dienone is 1. The van der Waals surface area contributed by atoms with E-state index in [1.165, 1.54) is 0 Å². The summed E-state index contributed by atoms with van der Waals surface area (Å²) in [6.45, 7) is 5.21. The van der Waals surface area contributed by atoms with E-state index in [2.05, 4.69) is 0 Å². The summed E-state index contributed by atoms with van der Waals surface area (Å²) < 4.78 is 15.1. The van der Waals surface area contributed by atoms with Gasteiger partial charge in [-0.3, -0.25) is 0 Å². The average Bonchev–Trinajstić information content (AvgIpc) is 3.25. The fourth-order valence-electron chi connectivity index (χ4n) is 1.48. The van der Waals surface area contributed by atoms with Crippen LogP contribution in [0.15, 0.2) is 30.3 Å². The molecule has 0 bridgehead atoms. The molecule has 4 nitrogen and oxygen atoms in total. The van der Waals surface area contributed by atoms with Crippen LogP contribution in [0, 0.1) is 0 Å². The molecule has 2 saturated heterocycles. The van der Waals surface area contributed by atoms with Gasteiger partial charge in [-0.2, -0.15) is 0 Å². The van der Waals surface area contributed by atoms with Gasteiger partial charge in [-0.05, 0) is 24.6 Å². The lowest BCUT2D eigenvalue weighted by Crippen LogP contribution is -2.06. The highest BCUT2D eigenvalue weighted by Gasteiger charge is 2.26. The first-order valence-corrected chi connectivity index (χ1v) is 6.50. The van der Waals surface area contributed by atoms with Gasteiger partial charge in [-0.1, -0.05) is 24.3 Å². The number of rotatable bonds is 5. The molecular formula is C15H20O4. The van der Waals surface area contributed by atoms with E-state index in [0.717, 1.165) is 32.0 Å². The maximum atomic E-state index is 9.01. The lowest BCUT2D eigenvalue weighted by atomic mass is 10.2. The number of benzene rings is 1. The largest absolute Gasteiger partial charge is 0.508 e. The van der Waals surface area contributed by atoms with Crippen molar-refractivity contribution in [2.24, 2.45) is 0 Å². The summed E-state index contributed by atoms with van der Waals surface area (Å²) in [5, 5.41) is 9.01. The standard InChI is InChI=1S/C9H10O.C6H10O3/c1-2-4-8-5-3-6-9(10)7-8;1(5-3-8-5)7-2-6-4-9-6/h2-7,10H,1H3;5-6H,1-4H2. The molecule has 2 unspecified atom stereocenters. The van der Waals surface area contributed by atoms with Gasteiger partial charge in [0, 0.05) is 0 Å².